The summed E-state index contributed by atoms with van der Waals surface area (Å²) < 4.78 is 5.03. The zero-order valence-electron chi connectivity index (χ0n) is 11.2. The smallest absolute Gasteiger partial charge is 0.255 e. The van der Waals surface area contributed by atoms with Gasteiger partial charge in [0.05, 0.1) is 0 Å². The van der Waals surface area contributed by atoms with Crippen LogP contribution in [0.15, 0.2) is 24.3 Å². The second kappa shape index (κ2) is 5.82. The van der Waals surface area contributed by atoms with Crippen molar-refractivity contribution in [2.45, 2.75) is 32.8 Å². The maximum Gasteiger partial charge on any atom is 0.255 e. The molecule has 1 aromatic carbocycles. The number of hydrogen-bond acceptors (Lipinski definition) is 2. The van der Waals surface area contributed by atoms with Crippen molar-refractivity contribution in [3.05, 3.63) is 29.8 Å². The van der Waals surface area contributed by atoms with Gasteiger partial charge >= 0.3 is 0 Å². The van der Waals surface area contributed by atoms with Gasteiger partial charge in [0.15, 0.2) is 0 Å². The third-order valence-electron chi connectivity index (χ3n) is 2.98. The molecule has 1 amide bonds. The molecule has 94 valence electrons. The highest BCUT2D eigenvalue weighted by Gasteiger charge is 2.17. The minimum Gasteiger partial charge on any atom is -0.372 e. The van der Waals surface area contributed by atoms with Crippen LogP contribution in [0.3, 0.4) is 0 Å². The number of ether oxygens (including phenoxy) is 1. The number of rotatable bonds is 4. The van der Waals surface area contributed by atoms with Gasteiger partial charge < -0.3 is 9.64 Å². The van der Waals surface area contributed by atoms with Crippen molar-refractivity contribution in [2.75, 3.05) is 19.1 Å². The number of benzene rings is 1. The average Bonchev–Trinajstić information content (AvgIpc) is 2.36. The van der Waals surface area contributed by atoms with E-state index in [2.05, 4.69) is 26.0 Å². The highest BCUT2D eigenvalue weighted by molar-refractivity contribution is 5.95. The van der Waals surface area contributed by atoms with Gasteiger partial charge in [-0.2, -0.15) is 0 Å². The maximum atomic E-state index is 11.9. The summed E-state index contributed by atoms with van der Waals surface area (Å²) in [5, 5.41) is 0. The van der Waals surface area contributed by atoms with Crippen molar-refractivity contribution in [1.82, 2.24) is 0 Å². The normalized spacial score (nSPS) is 12.6. The molecule has 0 spiro atoms. The van der Waals surface area contributed by atoms with Crippen LogP contribution in [0.2, 0.25) is 0 Å². The van der Waals surface area contributed by atoms with E-state index in [1.807, 2.05) is 12.1 Å². The fraction of sp³-hybridized carbons (Fsp3) is 0.500. The molecule has 1 rings (SSSR count). The van der Waals surface area contributed by atoms with Crippen LogP contribution in [0.5, 0.6) is 0 Å². The van der Waals surface area contributed by atoms with E-state index >= 15 is 0 Å². The summed E-state index contributed by atoms with van der Waals surface area (Å²) in [6.07, 6.45) is -0.412. The molecule has 17 heavy (non-hydrogen) atoms. The van der Waals surface area contributed by atoms with Crippen LogP contribution in [-0.2, 0) is 9.53 Å². The quantitative estimate of drug-likeness (QED) is 0.803. The molecular weight excluding hydrogens is 214 g/mol. The Hall–Kier alpha value is -1.35. The van der Waals surface area contributed by atoms with Crippen LogP contribution in [0.4, 0.5) is 5.69 Å². The highest BCUT2D eigenvalue weighted by Crippen LogP contribution is 2.19. The highest BCUT2D eigenvalue weighted by atomic mass is 16.5. The van der Waals surface area contributed by atoms with Gasteiger partial charge in [0, 0.05) is 19.8 Å². The fourth-order valence-electron chi connectivity index (χ4n) is 1.58. The lowest BCUT2D eigenvalue weighted by Crippen LogP contribution is -2.35. The first-order valence-corrected chi connectivity index (χ1v) is 5.87. The zero-order chi connectivity index (χ0) is 13.0. The topological polar surface area (TPSA) is 29.5 Å². The first kappa shape index (κ1) is 13.7. The Balaban J connectivity index is 2.83. The summed E-state index contributed by atoms with van der Waals surface area (Å²) in [5.74, 6) is 0.466. The maximum absolute atomic E-state index is 11.9. The number of carbonyl (C=O) groups is 1. The third kappa shape index (κ3) is 3.30. The van der Waals surface area contributed by atoms with Crippen LogP contribution >= 0.6 is 0 Å². The molecule has 3 nitrogen and oxygen atoms in total. The number of hydrogen-bond donors (Lipinski definition) is 0. The van der Waals surface area contributed by atoms with E-state index in [1.54, 1.807) is 18.9 Å². The van der Waals surface area contributed by atoms with E-state index in [-0.39, 0.29) is 5.91 Å². The Kier molecular flexibility index (Phi) is 4.70. The third-order valence-corrected chi connectivity index (χ3v) is 2.98. The monoisotopic (exact) mass is 235 g/mol. The average molecular weight is 235 g/mol. The van der Waals surface area contributed by atoms with Gasteiger partial charge in [0.25, 0.3) is 5.91 Å². The van der Waals surface area contributed by atoms with Crippen molar-refractivity contribution in [3.8, 4) is 0 Å². The minimum absolute atomic E-state index is 0.0372. The van der Waals surface area contributed by atoms with E-state index in [0.29, 0.717) is 5.92 Å². The predicted molar refractivity (Wildman–Crippen MR) is 70.4 cm³/mol. The molecule has 0 aliphatic heterocycles. The minimum atomic E-state index is -0.412. The van der Waals surface area contributed by atoms with E-state index in [9.17, 15) is 4.79 Å². The first-order chi connectivity index (χ1) is 7.97. The number of nitrogens with zero attached hydrogens (tertiary/aromatic N) is 1. The Morgan fingerprint density at radius 2 is 1.71 bits per heavy atom. The molecule has 0 saturated heterocycles. The number of likely N-dealkylation sites (N-methyl/N-ethyl adjacent to an activating group) is 1. The molecule has 0 bridgehead atoms. The second-order valence-electron chi connectivity index (χ2n) is 4.52. The van der Waals surface area contributed by atoms with Crippen LogP contribution < -0.4 is 4.90 Å². The molecular formula is C14H21NO2. The molecule has 0 aromatic heterocycles. The van der Waals surface area contributed by atoms with Gasteiger partial charge in [0.2, 0.25) is 0 Å². The number of carbonyl (C=O) groups excluding carboxylic acids is 1. The molecule has 0 radical (unpaired) electrons. The van der Waals surface area contributed by atoms with Gasteiger partial charge in [-0.3, -0.25) is 4.79 Å². The Bertz CT molecular complexity index is 370. The van der Waals surface area contributed by atoms with Crippen LogP contribution in [0, 0.1) is 0 Å². The van der Waals surface area contributed by atoms with E-state index in [4.69, 9.17) is 4.74 Å². The van der Waals surface area contributed by atoms with Crippen molar-refractivity contribution < 1.29 is 9.53 Å². The SMILES string of the molecule is CO[C@@H](C)C(=O)N(C)c1ccc(C(C)C)cc1. The molecule has 0 aliphatic rings. The fourth-order valence-corrected chi connectivity index (χ4v) is 1.58. The van der Waals surface area contributed by atoms with Gasteiger partial charge in [-0.1, -0.05) is 26.0 Å². The summed E-state index contributed by atoms with van der Waals surface area (Å²) in [7, 11) is 3.31. The predicted octanol–water partition coefficient (Wildman–Crippen LogP) is 2.81. The summed E-state index contributed by atoms with van der Waals surface area (Å²) in [5.41, 5.74) is 2.16. The Morgan fingerprint density at radius 1 is 1.18 bits per heavy atom. The summed E-state index contributed by atoms with van der Waals surface area (Å²) >= 11 is 0. The molecule has 0 aliphatic carbocycles. The Labute approximate surface area is 103 Å². The second-order valence-corrected chi connectivity index (χ2v) is 4.52. The van der Waals surface area contributed by atoms with Crippen LogP contribution in [0.1, 0.15) is 32.3 Å². The number of amides is 1. The van der Waals surface area contributed by atoms with Crippen molar-refractivity contribution in [2.24, 2.45) is 0 Å². The number of anilines is 1. The van der Waals surface area contributed by atoms with Crippen LogP contribution in [0.25, 0.3) is 0 Å². The summed E-state index contributed by atoms with van der Waals surface area (Å²) in [4.78, 5) is 13.5. The van der Waals surface area contributed by atoms with Gasteiger partial charge in [0.1, 0.15) is 6.10 Å². The molecule has 0 unspecified atom stereocenters. The van der Waals surface area contributed by atoms with Crippen molar-refractivity contribution >= 4 is 11.6 Å². The van der Waals surface area contributed by atoms with Crippen molar-refractivity contribution in [3.63, 3.8) is 0 Å². The molecule has 0 heterocycles. The van der Waals surface area contributed by atoms with Gasteiger partial charge in [-0.15, -0.1) is 0 Å². The van der Waals surface area contributed by atoms with E-state index < -0.39 is 6.10 Å². The molecule has 1 aromatic rings. The Morgan fingerprint density at radius 3 is 2.12 bits per heavy atom. The molecule has 0 saturated carbocycles. The van der Waals surface area contributed by atoms with Gasteiger partial charge in [-0.25, -0.2) is 0 Å². The molecule has 0 fully saturated rings. The van der Waals surface area contributed by atoms with Crippen molar-refractivity contribution in [1.29, 1.82) is 0 Å². The molecule has 3 heteroatoms. The first-order valence-electron chi connectivity index (χ1n) is 5.87. The molecule has 0 N–H and O–H groups in total. The van der Waals surface area contributed by atoms with E-state index in [0.717, 1.165) is 5.69 Å². The zero-order valence-corrected chi connectivity index (χ0v) is 11.2. The summed E-state index contributed by atoms with van der Waals surface area (Å²) in [6.45, 7) is 6.05. The number of methoxy groups -OCH3 is 1. The van der Waals surface area contributed by atoms with Gasteiger partial charge in [-0.05, 0) is 30.5 Å². The standard InChI is InChI=1S/C14H21NO2/c1-10(2)12-6-8-13(9-7-12)15(4)14(16)11(3)17-5/h6-11H,1-5H3/t11-/m0/s1. The lowest BCUT2D eigenvalue weighted by molar-refractivity contribution is -0.127. The van der Waals surface area contributed by atoms with Crippen LogP contribution in [-0.4, -0.2) is 26.2 Å². The summed E-state index contributed by atoms with van der Waals surface area (Å²) in [6, 6.07) is 8.05. The largest absolute Gasteiger partial charge is 0.372 e. The molecule has 1 atom stereocenters. The lowest BCUT2D eigenvalue weighted by atomic mass is 10.0. The van der Waals surface area contributed by atoms with E-state index in [1.165, 1.54) is 12.7 Å². The lowest BCUT2D eigenvalue weighted by Gasteiger charge is -2.21.